The molecule has 0 saturated heterocycles. The Balaban J connectivity index is 0. The Bertz CT molecular complexity index is 115. The summed E-state index contributed by atoms with van der Waals surface area (Å²) in [5.41, 5.74) is 0. The molecule has 0 spiro atoms. The maximum absolute atomic E-state index is 9.78. The summed E-state index contributed by atoms with van der Waals surface area (Å²) in [5, 5.41) is 0. The van der Waals surface area contributed by atoms with Crippen LogP contribution in [0.4, 0.5) is 0 Å². The van der Waals surface area contributed by atoms with Crippen LogP contribution in [0.5, 0.6) is 0 Å². The summed E-state index contributed by atoms with van der Waals surface area (Å²) in [5.74, 6) is 0. The van der Waals surface area contributed by atoms with E-state index in [0.717, 1.165) is 13.4 Å². The zero-order chi connectivity index (χ0) is 5.21. The van der Waals surface area contributed by atoms with Gasteiger partial charge in [0.25, 0.3) is 10.1 Å². The standard InChI is InChI=1S/C2H6O3S.K.H/c1-5-6(2,3)4;;/h1-2H3;;. The Kier molecular flexibility index (Phi) is 7.18. The van der Waals surface area contributed by atoms with Crippen molar-refractivity contribution in [3.8, 4) is 0 Å². The van der Waals surface area contributed by atoms with E-state index in [0.29, 0.717) is 0 Å². The molecule has 0 heterocycles. The molecule has 0 aromatic heterocycles. The van der Waals surface area contributed by atoms with Crippen LogP contribution >= 0.6 is 0 Å². The molecule has 0 unspecified atom stereocenters. The van der Waals surface area contributed by atoms with Crippen LogP contribution in [0.15, 0.2) is 0 Å². The van der Waals surface area contributed by atoms with Gasteiger partial charge in [-0.15, -0.1) is 0 Å². The normalized spacial score (nSPS) is 10.0. The molecule has 0 saturated carbocycles. The summed E-state index contributed by atoms with van der Waals surface area (Å²) in [6, 6.07) is 0. The summed E-state index contributed by atoms with van der Waals surface area (Å²) in [6.45, 7) is 0. The van der Waals surface area contributed by atoms with Gasteiger partial charge in [-0.25, -0.2) is 0 Å². The van der Waals surface area contributed by atoms with Gasteiger partial charge in [-0.1, -0.05) is 0 Å². The van der Waals surface area contributed by atoms with E-state index in [1.807, 2.05) is 0 Å². The molecule has 0 aliphatic rings. The third kappa shape index (κ3) is 11.2. The molecule has 7 heavy (non-hydrogen) atoms. The van der Waals surface area contributed by atoms with Gasteiger partial charge in [0.1, 0.15) is 0 Å². The van der Waals surface area contributed by atoms with E-state index in [2.05, 4.69) is 4.18 Å². The number of hydrogen-bond acceptors (Lipinski definition) is 3. The van der Waals surface area contributed by atoms with Gasteiger partial charge in [-0.2, -0.15) is 8.42 Å². The molecule has 0 amide bonds. The molecule has 0 aliphatic heterocycles. The molecule has 0 aromatic carbocycles. The second-order valence-corrected chi connectivity index (χ2v) is 2.61. The van der Waals surface area contributed by atoms with Crippen LogP contribution in [-0.2, 0) is 14.3 Å². The van der Waals surface area contributed by atoms with Crippen molar-refractivity contribution in [2.45, 2.75) is 0 Å². The van der Waals surface area contributed by atoms with E-state index in [-0.39, 0.29) is 51.4 Å². The Morgan fingerprint density at radius 1 is 1.43 bits per heavy atom. The second kappa shape index (κ2) is 4.43. The van der Waals surface area contributed by atoms with Crippen LogP contribution in [-0.4, -0.2) is 73.2 Å². The Hall–Kier alpha value is 1.55. The monoisotopic (exact) mass is 150 g/mol. The summed E-state index contributed by atoms with van der Waals surface area (Å²) in [4.78, 5) is 0. The molecule has 0 fully saturated rings. The van der Waals surface area contributed by atoms with Gasteiger partial charge >= 0.3 is 51.4 Å². The average molecular weight is 150 g/mol. The first-order chi connectivity index (χ1) is 2.56. The van der Waals surface area contributed by atoms with Crippen LogP contribution in [0.2, 0.25) is 0 Å². The molecule has 0 aliphatic carbocycles. The van der Waals surface area contributed by atoms with E-state index in [1.165, 1.54) is 0 Å². The maximum atomic E-state index is 9.78. The van der Waals surface area contributed by atoms with Gasteiger partial charge in [0.15, 0.2) is 0 Å². The van der Waals surface area contributed by atoms with Crippen LogP contribution in [0.25, 0.3) is 0 Å². The SMILES string of the molecule is COS(C)(=O)=O.[KH]. The molecule has 40 valence electrons. The molecular formula is C2H7KO3S. The average Bonchev–Trinajstić information content (AvgIpc) is 1.35. The quantitative estimate of drug-likeness (QED) is 0.353. The van der Waals surface area contributed by atoms with Crippen molar-refractivity contribution in [1.29, 1.82) is 0 Å². The molecule has 0 atom stereocenters. The van der Waals surface area contributed by atoms with Crippen molar-refractivity contribution in [3.05, 3.63) is 0 Å². The van der Waals surface area contributed by atoms with E-state index >= 15 is 0 Å². The van der Waals surface area contributed by atoms with Crippen molar-refractivity contribution in [3.63, 3.8) is 0 Å². The van der Waals surface area contributed by atoms with Gasteiger partial charge in [0.05, 0.1) is 13.4 Å². The Labute approximate surface area is 86.0 Å². The van der Waals surface area contributed by atoms with Crippen molar-refractivity contribution >= 4 is 61.5 Å². The molecular weight excluding hydrogens is 143 g/mol. The van der Waals surface area contributed by atoms with Crippen molar-refractivity contribution in [2.75, 3.05) is 13.4 Å². The number of rotatable bonds is 1. The topological polar surface area (TPSA) is 43.4 Å². The first kappa shape index (κ1) is 11.4. The fourth-order valence-electron chi connectivity index (χ4n) is 0. The molecule has 0 aromatic rings. The molecule has 5 heteroatoms. The van der Waals surface area contributed by atoms with Crippen LogP contribution < -0.4 is 0 Å². The Morgan fingerprint density at radius 2 is 1.57 bits per heavy atom. The first-order valence-corrected chi connectivity index (χ1v) is 3.13. The summed E-state index contributed by atoms with van der Waals surface area (Å²) >= 11 is 0. The van der Waals surface area contributed by atoms with E-state index in [9.17, 15) is 8.42 Å². The molecule has 3 nitrogen and oxygen atoms in total. The fourth-order valence-corrected chi connectivity index (χ4v) is 0. The second-order valence-electron chi connectivity index (χ2n) is 0.871. The third-order valence-corrected chi connectivity index (χ3v) is 0.908. The molecule has 0 N–H and O–H groups in total. The van der Waals surface area contributed by atoms with Gasteiger partial charge in [0, 0.05) is 0 Å². The summed E-state index contributed by atoms with van der Waals surface area (Å²) in [7, 11) is -2.04. The van der Waals surface area contributed by atoms with Crippen molar-refractivity contribution < 1.29 is 12.6 Å². The minimum absolute atomic E-state index is 0. The fraction of sp³-hybridized carbons (Fsp3) is 1.00. The number of hydrogen-bond donors (Lipinski definition) is 0. The predicted octanol–water partition coefficient (Wildman–Crippen LogP) is -1.06. The Morgan fingerprint density at radius 3 is 1.57 bits per heavy atom. The van der Waals surface area contributed by atoms with Gasteiger partial charge in [-0.3, -0.25) is 4.18 Å². The van der Waals surface area contributed by atoms with E-state index < -0.39 is 10.1 Å². The zero-order valence-corrected chi connectivity index (χ0v) is 4.45. The molecule has 0 radical (unpaired) electrons. The van der Waals surface area contributed by atoms with Crippen LogP contribution in [0, 0.1) is 0 Å². The van der Waals surface area contributed by atoms with Gasteiger partial charge in [0.2, 0.25) is 0 Å². The first-order valence-electron chi connectivity index (χ1n) is 1.32. The zero-order valence-electron chi connectivity index (χ0n) is 3.63. The summed E-state index contributed by atoms with van der Waals surface area (Å²) in [6.07, 6.45) is 0.993. The minimum atomic E-state index is -3.16. The van der Waals surface area contributed by atoms with E-state index in [1.54, 1.807) is 0 Å². The third-order valence-electron chi connectivity index (χ3n) is 0.303. The van der Waals surface area contributed by atoms with Crippen molar-refractivity contribution in [2.24, 2.45) is 0 Å². The predicted molar refractivity (Wildman–Crippen MR) is 29.0 cm³/mol. The van der Waals surface area contributed by atoms with Gasteiger partial charge in [-0.05, 0) is 0 Å². The molecule has 0 rings (SSSR count). The molecule has 0 bridgehead atoms. The van der Waals surface area contributed by atoms with Crippen molar-refractivity contribution in [1.82, 2.24) is 0 Å². The van der Waals surface area contributed by atoms with Crippen LogP contribution in [0.1, 0.15) is 0 Å². The summed E-state index contributed by atoms with van der Waals surface area (Å²) < 4.78 is 23.5. The van der Waals surface area contributed by atoms with E-state index in [4.69, 9.17) is 0 Å². The van der Waals surface area contributed by atoms with Crippen LogP contribution in [0.3, 0.4) is 0 Å². The van der Waals surface area contributed by atoms with Gasteiger partial charge < -0.3 is 0 Å².